The summed E-state index contributed by atoms with van der Waals surface area (Å²) >= 11 is 0. The molecule has 1 aromatic heterocycles. The summed E-state index contributed by atoms with van der Waals surface area (Å²) in [5.41, 5.74) is 1.56. The zero-order chi connectivity index (χ0) is 12.2. The molecule has 1 heterocycles. The van der Waals surface area contributed by atoms with E-state index in [4.69, 9.17) is 0 Å². The second-order valence-corrected chi connectivity index (χ2v) is 4.85. The Labute approximate surface area is 98.7 Å². The Hall–Kier alpha value is -0.890. The van der Waals surface area contributed by atoms with Gasteiger partial charge in [0.25, 0.3) is 0 Å². The van der Waals surface area contributed by atoms with Crippen LogP contribution in [0.2, 0.25) is 0 Å². The predicted molar refractivity (Wildman–Crippen MR) is 67.4 cm³/mol. The zero-order valence-electron chi connectivity index (χ0n) is 10.8. The van der Waals surface area contributed by atoms with Crippen LogP contribution in [0, 0.1) is 5.92 Å². The third-order valence-corrected chi connectivity index (χ3v) is 3.51. The van der Waals surface area contributed by atoms with Crippen LogP contribution in [0.3, 0.4) is 0 Å². The summed E-state index contributed by atoms with van der Waals surface area (Å²) in [6.07, 6.45) is 4.53. The van der Waals surface area contributed by atoms with Crippen molar-refractivity contribution in [3.05, 3.63) is 29.6 Å². The maximum atomic E-state index is 10.3. The van der Waals surface area contributed by atoms with Gasteiger partial charge in [0.1, 0.15) is 0 Å². The molecule has 1 rings (SSSR count). The molecule has 0 saturated heterocycles. The van der Waals surface area contributed by atoms with E-state index in [1.165, 1.54) is 5.56 Å². The average Bonchev–Trinajstić information content (AvgIpc) is 2.28. The molecule has 0 spiro atoms. The van der Waals surface area contributed by atoms with E-state index in [0.29, 0.717) is 12.3 Å². The normalized spacial score (nSPS) is 16.8. The summed E-state index contributed by atoms with van der Waals surface area (Å²) in [6.45, 7) is 8.20. The van der Waals surface area contributed by atoms with Gasteiger partial charge in [0.15, 0.2) is 0 Å². The van der Waals surface area contributed by atoms with E-state index in [1.54, 1.807) is 0 Å². The van der Waals surface area contributed by atoms with E-state index in [1.807, 2.05) is 19.2 Å². The van der Waals surface area contributed by atoms with Crippen molar-refractivity contribution in [3.8, 4) is 0 Å². The van der Waals surface area contributed by atoms with E-state index in [9.17, 15) is 5.11 Å². The number of rotatable bonds is 5. The minimum atomic E-state index is -0.657. The van der Waals surface area contributed by atoms with Crippen LogP contribution >= 0.6 is 0 Å². The van der Waals surface area contributed by atoms with Crippen molar-refractivity contribution in [2.75, 3.05) is 0 Å². The molecular formula is C14H23NO. The minimum Gasteiger partial charge on any atom is -0.389 e. The van der Waals surface area contributed by atoms with Gasteiger partial charge in [-0.25, -0.2) is 0 Å². The van der Waals surface area contributed by atoms with Crippen LogP contribution in [0.25, 0.3) is 0 Å². The molecule has 0 amide bonds. The standard InChI is InChI=1S/C14H23NO/c1-5-11(3)14(4,16)9-13-8-7-12(6-2)10-15-13/h7-8,10-11,16H,5-6,9H2,1-4H3. The van der Waals surface area contributed by atoms with Gasteiger partial charge >= 0.3 is 0 Å². The monoisotopic (exact) mass is 221 g/mol. The predicted octanol–water partition coefficient (Wildman–Crippen LogP) is 2.98. The molecule has 0 saturated carbocycles. The molecule has 1 aromatic rings. The van der Waals surface area contributed by atoms with E-state index < -0.39 is 5.60 Å². The number of pyridine rings is 1. The van der Waals surface area contributed by atoms with E-state index in [-0.39, 0.29) is 0 Å². The summed E-state index contributed by atoms with van der Waals surface area (Å²) in [5.74, 6) is 0.292. The minimum absolute atomic E-state index is 0.292. The van der Waals surface area contributed by atoms with Gasteiger partial charge in [-0.1, -0.05) is 33.3 Å². The highest BCUT2D eigenvalue weighted by Crippen LogP contribution is 2.23. The summed E-state index contributed by atoms with van der Waals surface area (Å²) in [4.78, 5) is 4.39. The Morgan fingerprint density at radius 1 is 1.38 bits per heavy atom. The Bertz CT molecular complexity index is 316. The Balaban J connectivity index is 2.72. The molecule has 0 fully saturated rings. The zero-order valence-corrected chi connectivity index (χ0v) is 10.8. The molecule has 0 aliphatic rings. The highest BCUT2D eigenvalue weighted by molar-refractivity contribution is 5.15. The first-order valence-electron chi connectivity index (χ1n) is 6.15. The van der Waals surface area contributed by atoms with Crippen LogP contribution in [0.1, 0.15) is 45.4 Å². The van der Waals surface area contributed by atoms with E-state index in [0.717, 1.165) is 18.5 Å². The molecule has 90 valence electrons. The largest absolute Gasteiger partial charge is 0.389 e. The molecule has 2 nitrogen and oxygen atoms in total. The van der Waals surface area contributed by atoms with Gasteiger partial charge in [0, 0.05) is 18.3 Å². The van der Waals surface area contributed by atoms with Crippen LogP contribution in [0.4, 0.5) is 0 Å². The molecule has 0 aliphatic heterocycles. The van der Waals surface area contributed by atoms with Crippen molar-refractivity contribution in [1.29, 1.82) is 0 Å². The smallest absolute Gasteiger partial charge is 0.0700 e. The van der Waals surface area contributed by atoms with Gasteiger partial charge in [-0.05, 0) is 30.9 Å². The molecule has 2 atom stereocenters. The number of nitrogens with zero attached hydrogens (tertiary/aromatic N) is 1. The van der Waals surface area contributed by atoms with Crippen molar-refractivity contribution in [3.63, 3.8) is 0 Å². The maximum absolute atomic E-state index is 10.3. The van der Waals surface area contributed by atoms with Crippen molar-refractivity contribution in [1.82, 2.24) is 4.98 Å². The molecule has 1 N–H and O–H groups in total. The first kappa shape index (κ1) is 13.2. The molecule has 0 radical (unpaired) electrons. The molecule has 16 heavy (non-hydrogen) atoms. The SMILES string of the molecule is CCc1ccc(CC(C)(O)C(C)CC)nc1. The average molecular weight is 221 g/mol. The molecule has 2 heteroatoms. The maximum Gasteiger partial charge on any atom is 0.0700 e. The Morgan fingerprint density at radius 2 is 2.06 bits per heavy atom. The summed E-state index contributed by atoms with van der Waals surface area (Å²) in [5, 5.41) is 10.3. The number of aryl methyl sites for hydroxylation is 1. The fourth-order valence-electron chi connectivity index (χ4n) is 1.75. The van der Waals surface area contributed by atoms with Gasteiger partial charge in [-0.2, -0.15) is 0 Å². The van der Waals surface area contributed by atoms with Crippen LogP contribution in [-0.4, -0.2) is 15.7 Å². The lowest BCUT2D eigenvalue weighted by atomic mass is 9.85. The van der Waals surface area contributed by atoms with Gasteiger partial charge < -0.3 is 5.11 Å². The highest BCUT2D eigenvalue weighted by Gasteiger charge is 2.27. The Morgan fingerprint density at radius 3 is 2.50 bits per heavy atom. The first-order valence-corrected chi connectivity index (χ1v) is 6.15. The lowest BCUT2D eigenvalue weighted by Gasteiger charge is -2.29. The fraction of sp³-hybridized carbons (Fsp3) is 0.643. The first-order chi connectivity index (χ1) is 7.49. The molecule has 0 aliphatic carbocycles. The van der Waals surface area contributed by atoms with Crippen molar-refractivity contribution in [2.24, 2.45) is 5.92 Å². The lowest BCUT2D eigenvalue weighted by molar-refractivity contribution is 0.00433. The van der Waals surface area contributed by atoms with Crippen LogP contribution in [0.5, 0.6) is 0 Å². The van der Waals surface area contributed by atoms with Gasteiger partial charge in [0.05, 0.1) is 5.60 Å². The number of hydrogen-bond acceptors (Lipinski definition) is 2. The van der Waals surface area contributed by atoms with Crippen molar-refractivity contribution in [2.45, 2.75) is 52.6 Å². The second-order valence-electron chi connectivity index (χ2n) is 4.85. The second kappa shape index (κ2) is 5.44. The summed E-state index contributed by atoms with van der Waals surface area (Å²) in [7, 11) is 0. The summed E-state index contributed by atoms with van der Waals surface area (Å²) < 4.78 is 0. The van der Waals surface area contributed by atoms with Gasteiger partial charge in [-0.3, -0.25) is 4.98 Å². The van der Waals surface area contributed by atoms with Crippen LogP contribution in [0.15, 0.2) is 18.3 Å². The molecular weight excluding hydrogens is 198 g/mol. The van der Waals surface area contributed by atoms with Crippen LogP contribution in [-0.2, 0) is 12.8 Å². The molecule has 0 aromatic carbocycles. The van der Waals surface area contributed by atoms with Crippen molar-refractivity contribution < 1.29 is 5.11 Å². The number of hydrogen-bond donors (Lipinski definition) is 1. The number of aromatic nitrogens is 1. The fourth-order valence-corrected chi connectivity index (χ4v) is 1.75. The van der Waals surface area contributed by atoms with E-state index >= 15 is 0 Å². The topological polar surface area (TPSA) is 33.1 Å². The van der Waals surface area contributed by atoms with Gasteiger partial charge in [0.2, 0.25) is 0 Å². The third-order valence-electron chi connectivity index (χ3n) is 3.51. The van der Waals surface area contributed by atoms with Crippen molar-refractivity contribution >= 4 is 0 Å². The third kappa shape index (κ3) is 3.31. The molecule has 0 bridgehead atoms. The van der Waals surface area contributed by atoms with Crippen LogP contribution < -0.4 is 0 Å². The number of aliphatic hydroxyl groups is 1. The van der Waals surface area contributed by atoms with Gasteiger partial charge in [-0.15, -0.1) is 0 Å². The quantitative estimate of drug-likeness (QED) is 0.829. The molecule has 2 unspecified atom stereocenters. The lowest BCUT2D eigenvalue weighted by Crippen LogP contribution is -2.35. The van der Waals surface area contributed by atoms with E-state index in [2.05, 4.69) is 31.8 Å². The Kier molecular flexibility index (Phi) is 4.48. The summed E-state index contributed by atoms with van der Waals surface area (Å²) in [6, 6.07) is 4.12. The highest BCUT2D eigenvalue weighted by atomic mass is 16.3.